The fourth-order valence-electron chi connectivity index (χ4n) is 3.57. The Balaban J connectivity index is 1.41. The van der Waals surface area contributed by atoms with E-state index in [1.54, 1.807) is 42.5 Å². The Bertz CT molecular complexity index is 1530. The predicted octanol–water partition coefficient (Wildman–Crippen LogP) is 7.64. The minimum Gasteiger partial charge on any atom is -0.507 e. The first kappa shape index (κ1) is 22.1. The number of anilines is 1. The number of phenols is 1. The number of hydrogen-bond donors (Lipinski definition) is 2. The third-order valence-corrected chi connectivity index (χ3v) is 6.06. The Kier molecular flexibility index (Phi) is 5.55. The molecule has 0 spiro atoms. The number of hydrogen-bond acceptors (Lipinski definition) is 5. The summed E-state index contributed by atoms with van der Waals surface area (Å²) in [5, 5.41) is 14.1. The van der Waals surface area contributed by atoms with Crippen LogP contribution in [0.2, 0.25) is 10.0 Å². The fourth-order valence-corrected chi connectivity index (χ4v) is 4.07. The molecule has 0 unspecified atom stereocenters. The quantitative estimate of drug-likeness (QED) is 0.251. The molecule has 2 N–H and O–H groups in total. The Hall–Kier alpha value is -3.74. The van der Waals surface area contributed by atoms with Crippen molar-refractivity contribution >= 4 is 45.9 Å². The Morgan fingerprint density at radius 1 is 0.912 bits per heavy atom. The monoisotopic (exact) mass is 492 g/mol. The maximum absolute atomic E-state index is 12.8. The molecule has 6 nitrogen and oxygen atoms in total. The molecule has 0 radical (unpaired) electrons. The summed E-state index contributed by atoms with van der Waals surface area (Å²) in [4.78, 5) is 17.3. The first-order valence-electron chi connectivity index (χ1n) is 10.4. The lowest BCUT2D eigenvalue weighted by Crippen LogP contribution is -2.10. The first-order chi connectivity index (χ1) is 16.3. The largest absolute Gasteiger partial charge is 0.507 e. The summed E-state index contributed by atoms with van der Waals surface area (Å²) >= 11 is 12.2. The van der Waals surface area contributed by atoms with Crippen LogP contribution in [0.4, 0.5) is 5.69 Å². The number of amides is 1. The number of aromatic nitrogens is 1. The SMILES string of the molecule is Cc1cc2nc(-c3cc(NC(=O)c4ccc(-c5ccc(Cl)cc5Cl)o4)ccc3O)oc2cc1C. The van der Waals surface area contributed by atoms with Gasteiger partial charge in [0.25, 0.3) is 5.91 Å². The number of nitrogens with one attached hydrogen (secondary N) is 1. The van der Waals surface area contributed by atoms with Gasteiger partial charge >= 0.3 is 0 Å². The van der Waals surface area contributed by atoms with E-state index in [1.165, 1.54) is 6.07 Å². The molecular formula is C26H18Cl2N2O4. The summed E-state index contributed by atoms with van der Waals surface area (Å²) in [5.41, 5.74) is 4.91. The summed E-state index contributed by atoms with van der Waals surface area (Å²) in [7, 11) is 0. The number of halogens is 2. The highest BCUT2D eigenvalue weighted by Crippen LogP contribution is 2.35. The van der Waals surface area contributed by atoms with Gasteiger partial charge in [-0.15, -0.1) is 0 Å². The second kappa shape index (κ2) is 8.56. The molecular weight excluding hydrogens is 475 g/mol. The van der Waals surface area contributed by atoms with Crippen molar-refractivity contribution in [2.45, 2.75) is 13.8 Å². The summed E-state index contributed by atoms with van der Waals surface area (Å²) < 4.78 is 11.6. The van der Waals surface area contributed by atoms with Crippen LogP contribution in [0.1, 0.15) is 21.7 Å². The van der Waals surface area contributed by atoms with E-state index in [0.29, 0.717) is 43.7 Å². The molecule has 2 heterocycles. The van der Waals surface area contributed by atoms with Crippen LogP contribution in [-0.2, 0) is 0 Å². The Morgan fingerprint density at radius 3 is 2.50 bits per heavy atom. The molecule has 5 aromatic rings. The molecule has 170 valence electrons. The van der Waals surface area contributed by atoms with Gasteiger partial charge in [0.15, 0.2) is 11.3 Å². The van der Waals surface area contributed by atoms with Gasteiger partial charge in [-0.2, -0.15) is 0 Å². The summed E-state index contributed by atoms with van der Waals surface area (Å²) in [6.07, 6.45) is 0. The smallest absolute Gasteiger partial charge is 0.291 e. The number of phenolic OH excluding ortho intramolecular Hbond substituents is 1. The van der Waals surface area contributed by atoms with Gasteiger partial charge in [-0.05, 0) is 85.6 Å². The van der Waals surface area contributed by atoms with Crippen LogP contribution in [0.5, 0.6) is 5.75 Å². The van der Waals surface area contributed by atoms with Gasteiger partial charge in [0.2, 0.25) is 5.89 Å². The van der Waals surface area contributed by atoms with Crippen molar-refractivity contribution in [3.8, 4) is 28.5 Å². The van der Waals surface area contributed by atoms with E-state index in [2.05, 4.69) is 10.3 Å². The lowest BCUT2D eigenvalue weighted by molar-refractivity contribution is 0.0997. The van der Waals surface area contributed by atoms with Crippen molar-refractivity contribution < 1.29 is 18.7 Å². The standard InChI is InChI=1S/C26H18Cl2N2O4/c1-13-9-20-24(10-14(13)2)34-26(30-20)18-12-16(4-6-21(18)31)29-25(32)23-8-7-22(33-23)17-5-3-15(27)11-19(17)28/h3-12,31H,1-2H3,(H,29,32). The van der Waals surface area contributed by atoms with Crippen LogP contribution >= 0.6 is 23.2 Å². The van der Waals surface area contributed by atoms with Crippen molar-refractivity contribution in [3.05, 3.63) is 87.6 Å². The molecule has 0 aliphatic rings. The molecule has 0 fully saturated rings. The van der Waals surface area contributed by atoms with Crippen LogP contribution < -0.4 is 5.32 Å². The zero-order chi connectivity index (χ0) is 24.0. The van der Waals surface area contributed by atoms with Crippen LogP contribution in [0.25, 0.3) is 33.9 Å². The van der Waals surface area contributed by atoms with Crippen LogP contribution in [0, 0.1) is 13.8 Å². The topological polar surface area (TPSA) is 88.5 Å². The van der Waals surface area contributed by atoms with Crippen molar-refractivity contribution in [3.63, 3.8) is 0 Å². The average molecular weight is 493 g/mol. The van der Waals surface area contributed by atoms with Crippen molar-refractivity contribution in [2.24, 2.45) is 0 Å². The lowest BCUT2D eigenvalue weighted by Gasteiger charge is -2.07. The Morgan fingerprint density at radius 2 is 1.71 bits per heavy atom. The molecule has 0 atom stereocenters. The van der Waals surface area contributed by atoms with E-state index in [0.717, 1.165) is 11.1 Å². The number of carbonyl (C=O) groups excluding carboxylic acids is 1. The molecule has 5 rings (SSSR count). The molecule has 0 bridgehead atoms. The molecule has 0 saturated carbocycles. The van der Waals surface area contributed by atoms with Crippen LogP contribution in [0.3, 0.4) is 0 Å². The van der Waals surface area contributed by atoms with Gasteiger partial charge in [0.1, 0.15) is 17.0 Å². The highest BCUT2D eigenvalue weighted by Gasteiger charge is 2.17. The van der Waals surface area contributed by atoms with Gasteiger partial charge in [0.05, 0.1) is 10.6 Å². The third-order valence-electron chi connectivity index (χ3n) is 5.52. The molecule has 1 amide bonds. The van der Waals surface area contributed by atoms with E-state index in [9.17, 15) is 9.90 Å². The lowest BCUT2D eigenvalue weighted by atomic mass is 10.1. The Labute approximate surface area is 204 Å². The molecule has 3 aromatic carbocycles. The predicted molar refractivity (Wildman–Crippen MR) is 133 cm³/mol. The number of fused-ring (bicyclic) bond motifs is 1. The number of furan rings is 1. The average Bonchev–Trinajstić information content (AvgIpc) is 3.43. The summed E-state index contributed by atoms with van der Waals surface area (Å²) in [6.45, 7) is 3.99. The number of oxazole rings is 1. The molecule has 2 aromatic heterocycles. The number of carbonyl (C=O) groups is 1. The number of aryl methyl sites for hydroxylation is 2. The maximum Gasteiger partial charge on any atom is 0.291 e. The minimum absolute atomic E-state index is 0.0179. The van der Waals surface area contributed by atoms with Gasteiger partial charge < -0.3 is 19.3 Å². The van der Waals surface area contributed by atoms with E-state index in [4.69, 9.17) is 32.0 Å². The van der Waals surface area contributed by atoms with Crippen LogP contribution in [-0.4, -0.2) is 16.0 Å². The maximum atomic E-state index is 12.8. The number of benzene rings is 3. The summed E-state index contributed by atoms with van der Waals surface area (Å²) in [6, 6.07) is 16.7. The third kappa shape index (κ3) is 4.14. The van der Waals surface area contributed by atoms with E-state index >= 15 is 0 Å². The van der Waals surface area contributed by atoms with Crippen molar-refractivity contribution in [1.29, 1.82) is 0 Å². The minimum atomic E-state index is -0.461. The summed E-state index contributed by atoms with van der Waals surface area (Å²) in [5.74, 6) is 0.317. The fraction of sp³-hybridized carbons (Fsp3) is 0.0769. The molecule has 0 aliphatic carbocycles. The van der Waals surface area contributed by atoms with E-state index in [1.807, 2.05) is 26.0 Å². The van der Waals surface area contributed by atoms with E-state index in [-0.39, 0.29) is 17.4 Å². The van der Waals surface area contributed by atoms with Gasteiger partial charge in [0, 0.05) is 16.3 Å². The van der Waals surface area contributed by atoms with Gasteiger partial charge in [-0.3, -0.25) is 4.79 Å². The van der Waals surface area contributed by atoms with Crippen LogP contribution in [0.15, 0.2) is 69.5 Å². The normalized spacial score (nSPS) is 11.2. The molecule has 8 heteroatoms. The van der Waals surface area contributed by atoms with Gasteiger partial charge in [-0.1, -0.05) is 23.2 Å². The first-order valence-corrected chi connectivity index (χ1v) is 11.1. The highest BCUT2D eigenvalue weighted by atomic mass is 35.5. The zero-order valence-corrected chi connectivity index (χ0v) is 19.7. The number of rotatable bonds is 4. The second-order valence-electron chi connectivity index (χ2n) is 7.90. The highest BCUT2D eigenvalue weighted by molar-refractivity contribution is 6.36. The number of aromatic hydroxyl groups is 1. The number of nitrogens with zero attached hydrogens (tertiary/aromatic N) is 1. The molecule has 0 aliphatic heterocycles. The van der Waals surface area contributed by atoms with Crippen molar-refractivity contribution in [1.82, 2.24) is 4.98 Å². The molecule has 0 saturated heterocycles. The zero-order valence-electron chi connectivity index (χ0n) is 18.1. The molecule has 34 heavy (non-hydrogen) atoms. The van der Waals surface area contributed by atoms with Crippen molar-refractivity contribution in [2.75, 3.05) is 5.32 Å². The second-order valence-corrected chi connectivity index (χ2v) is 8.74. The van der Waals surface area contributed by atoms with E-state index < -0.39 is 5.91 Å². The van der Waals surface area contributed by atoms with Gasteiger partial charge in [-0.25, -0.2) is 4.98 Å².